The molecule has 3 fully saturated rings. The zero-order valence-corrected chi connectivity index (χ0v) is 15.6. The van der Waals surface area contributed by atoms with E-state index >= 15 is 0 Å². The summed E-state index contributed by atoms with van der Waals surface area (Å²) in [6.45, 7) is 8.12. The second kappa shape index (κ2) is 5.08. The van der Waals surface area contributed by atoms with E-state index in [0.717, 1.165) is 12.8 Å². The quantitative estimate of drug-likeness (QED) is 0.581. The van der Waals surface area contributed by atoms with Gasteiger partial charge in [-0.1, -0.05) is 20.8 Å². The standard InChI is InChI=1S/C20H30O5/c1-10-15-11(25-17(10)23)9-13-19(4)7-6-14(21)18(2,3)12(19)5-8-20(13,24)16(15)22/h11-14,16,21-22,24H,5-9H2,1-4H3/t11-,12-,13+,14-,16-,19-,20+/m1/s1. The lowest BCUT2D eigenvalue weighted by Crippen LogP contribution is -2.67. The van der Waals surface area contributed by atoms with Crippen LogP contribution in [0.15, 0.2) is 11.1 Å². The van der Waals surface area contributed by atoms with E-state index in [4.69, 9.17) is 4.74 Å². The van der Waals surface area contributed by atoms with Gasteiger partial charge in [0.2, 0.25) is 0 Å². The molecule has 0 aromatic heterocycles. The molecule has 5 nitrogen and oxygen atoms in total. The van der Waals surface area contributed by atoms with E-state index in [1.807, 2.05) is 0 Å². The maximum atomic E-state index is 12.0. The maximum Gasteiger partial charge on any atom is 0.334 e. The maximum absolute atomic E-state index is 12.0. The molecule has 0 spiro atoms. The minimum atomic E-state index is -1.22. The summed E-state index contributed by atoms with van der Waals surface area (Å²) in [4.78, 5) is 12.0. The summed E-state index contributed by atoms with van der Waals surface area (Å²) >= 11 is 0. The second-order valence-corrected chi connectivity index (χ2v) is 9.63. The first-order chi connectivity index (χ1) is 11.5. The molecule has 0 aromatic rings. The lowest BCUT2D eigenvalue weighted by Gasteiger charge is -2.65. The van der Waals surface area contributed by atoms with Crippen LogP contribution in [0.3, 0.4) is 0 Å². The Hall–Kier alpha value is -0.910. The summed E-state index contributed by atoms with van der Waals surface area (Å²) in [5.74, 6) is -0.250. The molecular formula is C20H30O5. The van der Waals surface area contributed by atoms with Gasteiger partial charge < -0.3 is 20.1 Å². The van der Waals surface area contributed by atoms with E-state index in [2.05, 4.69) is 20.8 Å². The predicted octanol–water partition coefficient (Wildman–Crippen LogP) is 1.94. The average molecular weight is 350 g/mol. The fraction of sp³-hybridized carbons (Fsp3) is 0.850. The lowest BCUT2D eigenvalue weighted by molar-refractivity contribution is -0.240. The van der Waals surface area contributed by atoms with Crippen molar-refractivity contribution < 1.29 is 24.9 Å². The molecule has 25 heavy (non-hydrogen) atoms. The molecule has 0 unspecified atom stereocenters. The van der Waals surface area contributed by atoms with Gasteiger partial charge >= 0.3 is 5.97 Å². The summed E-state index contributed by atoms with van der Waals surface area (Å²) in [6.07, 6.45) is 1.55. The Bertz CT molecular complexity index is 652. The first-order valence-electron chi connectivity index (χ1n) is 9.53. The number of aliphatic hydroxyl groups is 3. The van der Waals surface area contributed by atoms with E-state index in [1.165, 1.54) is 0 Å². The van der Waals surface area contributed by atoms with Gasteiger partial charge in [0, 0.05) is 17.1 Å². The molecule has 4 rings (SSSR count). The SMILES string of the molecule is CC1=C2[C@@H](O)[C@]3(O)CC[C@@H]4C(C)(C)[C@H](O)CC[C@@]4(C)[C@@H]3C[C@H]2OC1=O. The van der Waals surface area contributed by atoms with Gasteiger partial charge in [-0.15, -0.1) is 0 Å². The summed E-state index contributed by atoms with van der Waals surface area (Å²) < 4.78 is 5.51. The van der Waals surface area contributed by atoms with Gasteiger partial charge in [-0.25, -0.2) is 4.79 Å². The third-order valence-corrected chi connectivity index (χ3v) is 8.30. The molecule has 4 aliphatic rings. The number of rotatable bonds is 0. The molecule has 1 heterocycles. The first kappa shape index (κ1) is 17.5. The molecule has 0 amide bonds. The van der Waals surface area contributed by atoms with Crippen molar-refractivity contribution in [1.82, 2.24) is 0 Å². The summed E-state index contributed by atoms with van der Waals surface area (Å²) in [6, 6.07) is 0. The number of aliphatic hydroxyl groups excluding tert-OH is 2. The largest absolute Gasteiger partial charge is 0.454 e. The highest BCUT2D eigenvalue weighted by Gasteiger charge is 2.66. The summed E-state index contributed by atoms with van der Waals surface area (Å²) in [7, 11) is 0. The lowest BCUT2D eigenvalue weighted by atomic mass is 9.42. The molecule has 3 N–H and O–H groups in total. The van der Waals surface area contributed by atoms with Gasteiger partial charge in [-0.2, -0.15) is 0 Å². The number of carbonyl (C=O) groups is 1. The van der Waals surface area contributed by atoms with E-state index in [0.29, 0.717) is 30.4 Å². The highest BCUT2D eigenvalue weighted by atomic mass is 16.5. The number of carbonyl (C=O) groups excluding carboxylic acids is 1. The third kappa shape index (κ3) is 2.03. The Labute approximate surface area is 149 Å². The molecule has 7 atom stereocenters. The number of hydrogen-bond acceptors (Lipinski definition) is 5. The first-order valence-corrected chi connectivity index (χ1v) is 9.53. The van der Waals surface area contributed by atoms with Crippen LogP contribution < -0.4 is 0 Å². The van der Waals surface area contributed by atoms with Crippen LogP contribution in [0, 0.1) is 22.7 Å². The van der Waals surface area contributed by atoms with Gasteiger partial charge in [0.15, 0.2) is 0 Å². The molecule has 1 aliphatic heterocycles. The number of esters is 1. The Morgan fingerprint density at radius 2 is 1.76 bits per heavy atom. The molecule has 0 radical (unpaired) electrons. The predicted molar refractivity (Wildman–Crippen MR) is 91.5 cm³/mol. The highest BCUT2D eigenvalue weighted by Crippen LogP contribution is 2.65. The van der Waals surface area contributed by atoms with Crippen molar-refractivity contribution in [2.24, 2.45) is 22.7 Å². The molecule has 5 heteroatoms. The van der Waals surface area contributed by atoms with Crippen molar-refractivity contribution in [3.8, 4) is 0 Å². The van der Waals surface area contributed by atoms with Crippen molar-refractivity contribution in [2.75, 3.05) is 0 Å². The molecule has 3 saturated carbocycles. The van der Waals surface area contributed by atoms with E-state index in [9.17, 15) is 20.1 Å². The van der Waals surface area contributed by atoms with Gasteiger partial charge in [-0.3, -0.25) is 0 Å². The van der Waals surface area contributed by atoms with Crippen LogP contribution in [0.2, 0.25) is 0 Å². The third-order valence-electron chi connectivity index (χ3n) is 8.30. The summed E-state index contributed by atoms with van der Waals surface area (Å²) in [5, 5.41) is 33.1. The van der Waals surface area contributed by atoms with Gasteiger partial charge in [0.1, 0.15) is 12.2 Å². The van der Waals surface area contributed by atoms with Crippen molar-refractivity contribution in [3.05, 3.63) is 11.1 Å². The number of fused-ring (bicyclic) bond motifs is 4. The molecule has 3 aliphatic carbocycles. The Morgan fingerprint density at radius 3 is 2.44 bits per heavy atom. The molecular weight excluding hydrogens is 320 g/mol. The van der Waals surface area contributed by atoms with Gasteiger partial charge in [0.05, 0.1) is 11.7 Å². The zero-order valence-electron chi connectivity index (χ0n) is 15.6. The Morgan fingerprint density at radius 1 is 1.08 bits per heavy atom. The molecule has 0 bridgehead atoms. The Balaban J connectivity index is 1.78. The van der Waals surface area contributed by atoms with Crippen LogP contribution in [-0.2, 0) is 9.53 Å². The highest BCUT2D eigenvalue weighted by molar-refractivity contribution is 5.92. The van der Waals surface area contributed by atoms with E-state index in [1.54, 1.807) is 6.92 Å². The van der Waals surface area contributed by atoms with Crippen LogP contribution in [0.1, 0.15) is 59.8 Å². The molecule has 0 aromatic carbocycles. The normalized spacial score (nSPS) is 51.5. The van der Waals surface area contributed by atoms with Crippen LogP contribution in [0.4, 0.5) is 0 Å². The zero-order chi connectivity index (χ0) is 18.4. The fourth-order valence-electron chi connectivity index (χ4n) is 6.80. The van der Waals surface area contributed by atoms with Gasteiger partial charge in [0.25, 0.3) is 0 Å². The van der Waals surface area contributed by atoms with Crippen molar-refractivity contribution in [1.29, 1.82) is 0 Å². The number of ether oxygens (including phenoxy) is 1. The van der Waals surface area contributed by atoms with Crippen LogP contribution in [0.25, 0.3) is 0 Å². The topological polar surface area (TPSA) is 87.0 Å². The van der Waals surface area contributed by atoms with Crippen LogP contribution >= 0.6 is 0 Å². The van der Waals surface area contributed by atoms with Crippen molar-refractivity contribution in [3.63, 3.8) is 0 Å². The minimum absolute atomic E-state index is 0.145. The fourth-order valence-corrected chi connectivity index (χ4v) is 6.80. The minimum Gasteiger partial charge on any atom is -0.454 e. The van der Waals surface area contributed by atoms with Crippen LogP contribution in [0.5, 0.6) is 0 Å². The van der Waals surface area contributed by atoms with Crippen LogP contribution in [-0.4, -0.2) is 45.2 Å². The summed E-state index contributed by atoms with van der Waals surface area (Å²) in [5.41, 5.74) is -0.593. The second-order valence-electron chi connectivity index (χ2n) is 9.63. The van der Waals surface area contributed by atoms with E-state index < -0.39 is 17.8 Å². The van der Waals surface area contributed by atoms with E-state index in [-0.39, 0.29) is 34.7 Å². The molecule has 140 valence electrons. The average Bonchev–Trinajstić information content (AvgIpc) is 2.81. The Kier molecular flexibility index (Phi) is 3.56. The van der Waals surface area contributed by atoms with Crippen molar-refractivity contribution >= 4 is 5.97 Å². The molecule has 0 saturated heterocycles. The van der Waals surface area contributed by atoms with Crippen molar-refractivity contribution in [2.45, 2.75) is 83.7 Å². The van der Waals surface area contributed by atoms with Gasteiger partial charge in [-0.05, 0) is 55.8 Å². The smallest absolute Gasteiger partial charge is 0.334 e. The monoisotopic (exact) mass is 350 g/mol. The number of hydrogen-bond donors (Lipinski definition) is 3.